The molecule has 0 heterocycles. The summed E-state index contributed by atoms with van der Waals surface area (Å²) in [5, 5.41) is 0. The fraction of sp³-hybridized carbons (Fsp3) is 0.333. The smallest absolute Gasteiger partial charge is 0.207 e. The van der Waals surface area contributed by atoms with Crippen molar-refractivity contribution in [3.05, 3.63) is 17.9 Å². The fourth-order valence-corrected chi connectivity index (χ4v) is 1.59. The predicted octanol–water partition coefficient (Wildman–Crippen LogP) is 2.56. The molecule has 0 atom stereocenters. The Morgan fingerprint density at radius 2 is 1.92 bits per heavy atom. The third kappa shape index (κ3) is 1.88. The quantitative estimate of drug-likeness (QED) is 0.702. The molecule has 1 aromatic rings. The number of methoxy groups -OCH3 is 2. The van der Waals surface area contributed by atoms with Crippen LogP contribution in [0.4, 0.5) is 4.39 Å². The Labute approximate surface area is 81.0 Å². The number of halogens is 1. The molecule has 0 aromatic heterocycles. The average molecular weight is 202 g/mol. The zero-order valence-electron chi connectivity index (χ0n) is 7.76. The van der Waals surface area contributed by atoms with Gasteiger partial charge in [-0.15, -0.1) is 11.8 Å². The Morgan fingerprint density at radius 3 is 2.38 bits per heavy atom. The molecule has 0 saturated carbocycles. The Morgan fingerprint density at radius 1 is 1.23 bits per heavy atom. The van der Waals surface area contributed by atoms with E-state index >= 15 is 0 Å². The van der Waals surface area contributed by atoms with Gasteiger partial charge in [-0.1, -0.05) is 0 Å². The van der Waals surface area contributed by atoms with Gasteiger partial charge in [0.2, 0.25) is 5.82 Å². The van der Waals surface area contributed by atoms with Crippen LogP contribution >= 0.6 is 11.8 Å². The van der Waals surface area contributed by atoms with Crippen molar-refractivity contribution in [2.45, 2.75) is 4.90 Å². The number of rotatable bonds is 3. The van der Waals surface area contributed by atoms with Gasteiger partial charge in [-0.2, -0.15) is 4.39 Å². The van der Waals surface area contributed by atoms with Crippen LogP contribution in [-0.4, -0.2) is 20.5 Å². The molecule has 0 radical (unpaired) electrons. The molecule has 0 N–H and O–H groups in total. The first kappa shape index (κ1) is 10.2. The van der Waals surface area contributed by atoms with E-state index in [1.807, 2.05) is 6.26 Å². The molecule has 1 rings (SSSR count). The minimum Gasteiger partial charge on any atom is -0.494 e. The number of benzene rings is 1. The Balaban J connectivity index is 3.23. The van der Waals surface area contributed by atoms with E-state index in [4.69, 9.17) is 9.47 Å². The molecule has 0 bridgehead atoms. The minimum absolute atomic E-state index is 0.203. The van der Waals surface area contributed by atoms with Crippen molar-refractivity contribution in [3.63, 3.8) is 0 Å². The van der Waals surface area contributed by atoms with Crippen molar-refractivity contribution in [1.82, 2.24) is 0 Å². The highest BCUT2D eigenvalue weighted by Gasteiger charge is 2.13. The molecule has 0 aliphatic heterocycles. The summed E-state index contributed by atoms with van der Waals surface area (Å²) in [5.41, 5.74) is 0. The van der Waals surface area contributed by atoms with Crippen molar-refractivity contribution in [3.8, 4) is 11.5 Å². The van der Waals surface area contributed by atoms with E-state index in [0.717, 1.165) is 4.90 Å². The normalized spacial score (nSPS) is 9.85. The Bertz CT molecular complexity index is 302. The summed E-state index contributed by atoms with van der Waals surface area (Å²) in [7, 11) is 2.87. The van der Waals surface area contributed by atoms with Crippen molar-refractivity contribution >= 4 is 11.8 Å². The largest absolute Gasteiger partial charge is 0.494 e. The first-order valence-corrected chi connectivity index (χ1v) is 4.91. The van der Waals surface area contributed by atoms with E-state index in [2.05, 4.69) is 0 Å². The van der Waals surface area contributed by atoms with E-state index in [1.165, 1.54) is 26.0 Å². The highest BCUT2D eigenvalue weighted by molar-refractivity contribution is 7.98. The summed E-state index contributed by atoms with van der Waals surface area (Å²) in [6, 6.07) is 3.36. The van der Waals surface area contributed by atoms with Gasteiger partial charge < -0.3 is 9.47 Å². The van der Waals surface area contributed by atoms with Gasteiger partial charge in [0, 0.05) is 0 Å². The van der Waals surface area contributed by atoms with Crippen LogP contribution in [0, 0.1) is 5.82 Å². The summed E-state index contributed by atoms with van der Waals surface area (Å²) in [6.45, 7) is 0. The van der Waals surface area contributed by atoms with Crippen LogP contribution in [0.1, 0.15) is 0 Å². The van der Waals surface area contributed by atoms with E-state index in [-0.39, 0.29) is 11.5 Å². The standard InChI is InChI=1S/C9H11FO2S/c1-11-6-4-5-7(13-3)9(12-2)8(6)10/h4-5H,1-3H3. The summed E-state index contributed by atoms with van der Waals surface area (Å²) < 4.78 is 23.2. The lowest BCUT2D eigenvalue weighted by atomic mass is 10.3. The summed E-state index contributed by atoms with van der Waals surface area (Å²) in [5.74, 6) is -0.00153. The molecule has 0 aliphatic carbocycles. The molecule has 0 amide bonds. The maximum absolute atomic E-state index is 13.5. The SMILES string of the molecule is COc1ccc(SC)c(OC)c1F. The van der Waals surface area contributed by atoms with Gasteiger partial charge in [0.1, 0.15) is 0 Å². The highest BCUT2D eigenvalue weighted by Crippen LogP contribution is 2.35. The topological polar surface area (TPSA) is 18.5 Å². The van der Waals surface area contributed by atoms with Crippen molar-refractivity contribution in [2.24, 2.45) is 0 Å². The van der Waals surface area contributed by atoms with Crippen molar-refractivity contribution in [2.75, 3.05) is 20.5 Å². The molecular formula is C9H11FO2S. The van der Waals surface area contributed by atoms with Gasteiger partial charge in [0.25, 0.3) is 0 Å². The van der Waals surface area contributed by atoms with Crippen LogP contribution < -0.4 is 9.47 Å². The molecule has 0 unspecified atom stereocenters. The lowest BCUT2D eigenvalue weighted by Crippen LogP contribution is -1.94. The zero-order chi connectivity index (χ0) is 9.84. The third-order valence-corrected chi connectivity index (χ3v) is 2.43. The fourth-order valence-electron chi connectivity index (χ4n) is 1.03. The molecule has 0 saturated heterocycles. The van der Waals surface area contributed by atoms with E-state index in [9.17, 15) is 4.39 Å². The number of thioether (sulfide) groups is 1. The minimum atomic E-state index is -0.447. The van der Waals surface area contributed by atoms with E-state index < -0.39 is 5.82 Å². The second kappa shape index (κ2) is 4.37. The second-order valence-corrected chi connectivity index (χ2v) is 3.17. The summed E-state index contributed by atoms with van der Waals surface area (Å²) >= 11 is 1.43. The monoisotopic (exact) mass is 202 g/mol. The van der Waals surface area contributed by atoms with Gasteiger partial charge in [-0.05, 0) is 18.4 Å². The van der Waals surface area contributed by atoms with Gasteiger partial charge in [-0.25, -0.2) is 0 Å². The van der Waals surface area contributed by atoms with Crippen LogP contribution in [0.3, 0.4) is 0 Å². The molecule has 13 heavy (non-hydrogen) atoms. The first-order chi connectivity index (χ1) is 6.24. The van der Waals surface area contributed by atoms with Crippen LogP contribution in [0.15, 0.2) is 17.0 Å². The lowest BCUT2D eigenvalue weighted by Gasteiger charge is -2.09. The Kier molecular flexibility index (Phi) is 3.42. The summed E-state index contributed by atoms with van der Waals surface area (Å²) in [4.78, 5) is 0.765. The van der Waals surface area contributed by atoms with E-state index in [0.29, 0.717) is 0 Å². The number of hydrogen-bond donors (Lipinski definition) is 0. The number of ether oxygens (including phenoxy) is 2. The predicted molar refractivity (Wildman–Crippen MR) is 51.3 cm³/mol. The molecule has 72 valence electrons. The molecule has 2 nitrogen and oxygen atoms in total. The molecule has 0 spiro atoms. The number of hydrogen-bond acceptors (Lipinski definition) is 3. The van der Waals surface area contributed by atoms with Crippen molar-refractivity contribution < 1.29 is 13.9 Å². The molecular weight excluding hydrogens is 191 g/mol. The van der Waals surface area contributed by atoms with E-state index in [1.54, 1.807) is 12.1 Å². The molecule has 4 heteroatoms. The van der Waals surface area contributed by atoms with Crippen LogP contribution in [0.5, 0.6) is 11.5 Å². The lowest BCUT2D eigenvalue weighted by molar-refractivity contribution is 0.344. The average Bonchev–Trinajstić information content (AvgIpc) is 2.17. The zero-order valence-corrected chi connectivity index (χ0v) is 8.57. The maximum Gasteiger partial charge on any atom is 0.207 e. The van der Waals surface area contributed by atoms with Gasteiger partial charge in [0.05, 0.1) is 19.1 Å². The van der Waals surface area contributed by atoms with Gasteiger partial charge in [0.15, 0.2) is 11.5 Å². The third-order valence-electron chi connectivity index (χ3n) is 1.67. The maximum atomic E-state index is 13.5. The highest BCUT2D eigenvalue weighted by atomic mass is 32.2. The molecule has 0 fully saturated rings. The summed E-state index contributed by atoms with van der Waals surface area (Å²) in [6.07, 6.45) is 1.86. The first-order valence-electron chi connectivity index (χ1n) is 3.69. The van der Waals surface area contributed by atoms with Crippen LogP contribution in [0.25, 0.3) is 0 Å². The Hall–Kier alpha value is -0.900. The van der Waals surface area contributed by atoms with Gasteiger partial charge in [-0.3, -0.25) is 0 Å². The van der Waals surface area contributed by atoms with Crippen LogP contribution in [0.2, 0.25) is 0 Å². The van der Waals surface area contributed by atoms with Gasteiger partial charge >= 0.3 is 0 Å². The van der Waals surface area contributed by atoms with Crippen LogP contribution in [-0.2, 0) is 0 Å². The molecule has 1 aromatic carbocycles. The second-order valence-electron chi connectivity index (χ2n) is 2.32. The molecule has 0 aliphatic rings. The van der Waals surface area contributed by atoms with Crippen molar-refractivity contribution in [1.29, 1.82) is 0 Å².